The lowest BCUT2D eigenvalue weighted by Gasteiger charge is -1.47. The van der Waals surface area contributed by atoms with Gasteiger partial charge >= 0.3 is 0 Å². The molecule has 0 radical (unpaired) electrons. The topological polar surface area (TPSA) is 25.6 Å². The molecular formula is C2H5BrN+. The molecule has 0 heterocycles. The summed E-state index contributed by atoms with van der Waals surface area (Å²) in [6.07, 6.45) is 1.54. The molecule has 0 saturated carbocycles. The van der Waals surface area contributed by atoms with Crippen LogP contribution in [-0.2, 0) is 0 Å². The predicted molar refractivity (Wildman–Crippen MR) is 21.8 cm³/mol. The summed E-state index contributed by atoms with van der Waals surface area (Å²) in [6.45, 7) is 0. The molecule has 2 N–H and O–H groups in total. The first kappa shape index (κ1) is 4.15. The summed E-state index contributed by atoms with van der Waals surface area (Å²) in [4.78, 5) is 0. The molecule has 24 valence electrons. The van der Waals surface area contributed by atoms with Gasteiger partial charge < -0.3 is 0 Å². The minimum atomic E-state index is 0.785. The van der Waals surface area contributed by atoms with Gasteiger partial charge in [-0.2, -0.15) is 0 Å². The molecule has 0 fully saturated rings. The van der Waals surface area contributed by atoms with Crippen molar-refractivity contribution in [3.63, 3.8) is 0 Å². The van der Waals surface area contributed by atoms with Crippen molar-refractivity contribution in [3.05, 3.63) is 0 Å². The molecule has 0 rings (SSSR count). The van der Waals surface area contributed by atoms with E-state index in [2.05, 4.69) is 15.9 Å². The third-order valence-corrected chi connectivity index (χ3v) is 0.463. The number of rotatable bonds is 1. The maximum absolute atomic E-state index is 4.86. The fraction of sp³-hybridized carbons (Fsp3) is 0.500. The zero-order chi connectivity index (χ0) is 3.41. The Balaban J connectivity index is 2.30. The zero-order valence-corrected chi connectivity index (χ0v) is 3.83. The molecule has 0 aromatic rings. The monoisotopic (exact) mass is 122 g/mol. The summed E-state index contributed by atoms with van der Waals surface area (Å²) in [5, 5.41) is 5.64. The Hall–Kier alpha value is 0.150. The smallest absolute Gasteiger partial charge is 0.147 e. The van der Waals surface area contributed by atoms with E-state index in [1.165, 1.54) is 0 Å². The number of hydrogen-bond donors (Lipinski definition) is 1. The van der Waals surface area contributed by atoms with Gasteiger partial charge in [0.2, 0.25) is 0 Å². The summed E-state index contributed by atoms with van der Waals surface area (Å²) in [6, 6.07) is 0. The van der Waals surface area contributed by atoms with Crippen LogP contribution >= 0.6 is 15.9 Å². The van der Waals surface area contributed by atoms with Crippen LogP contribution in [0.15, 0.2) is 0 Å². The van der Waals surface area contributed by atoms with Crippen LogP contribution in [0.3, 0.4) is 0 Å². The van der Waals surface area contributed by atoms with Crippen LogP contribution in [-0.4, -0.2) is 11.5 Å². The van der Waals surface area contributed by atoms with Gasteiger partial charge in [-0.15, -0.1) is 0 Å². The Labute approximate surface area is 33.7 Å². The maximum atomic E-state index is 4.86. The minimum Gasteiger partial charge on any atom is -0.263 e. The molecule has 4 heavy (non-hydrogen) atoms. The molecule has 0 aliphatic rings. The van der Waals surface area contributed by atoms with Gasteiger partial charge in [0.1, 0.15) is 6.21 Å². The minimum absolute atomic E-state index is 0.785. The quantitative estimate of drug-likeness (QED) is 0.349. The van der Waals surface area contributed by atoms with E-state index >= 15 is 0 Å². The SMILES string of the molecule is [NH2+]=CCBr. The first-order valence-electron chi connectivity index (χ1n) is 1.01. The van der Waals surface area contributed by atoms with Crippen LogP contribution in [0.5, 0.6) is 0 Å². The van der Waals surface area contributed by atoms with Crippen molar-refractivity contribution in [1.29, 1.82) is 0 Å². The van der Waals surface area contributed by atoms with E-state index in [0.29, 0.717) is 0 Å². The van der Waals surface area contributed by atoms with E-state index in [-0.39, 0.29) is 0 Å². The van der Waals surface area contributed by atoms with Crippen LogP contribution in [0.1, 0.15) is 0 Å². The molecular weight excluding hydrogens is 118 g/mol. The average molecular weight is 123 g/mol. The van der Waals surface area contributed by atoms with E-state index < -0.39 is 0 Å². The fourth-order valence-electron chi connectivity index (χ4n) is 0. The van der Waals surface area contributed by atoms with Gasteiger partial charge in [-0.1, -0.05) is 15.9 Å². The first-order valence-corrected chi connectivity index (χ1v) is 2.13. The summed E-state index contributed by atoms with van der Waals surface area (Å²) in [5.41, 5.74) is 0. The molecule has 0 aliphatic heterocycles. The van der Waals surface area contributed by atoms with E-state index in [1.807, 2.05) is 0 Å². The second-order valence-corrected chi connectivity index (χ2v) is 1.04. The lowest BCUT2D eigenvalue weighted by atomic mass is 10.9. The molecule has 0 aromatic carbocycles. The highest BCUT2D eigenvalue weighted by atomic mass is 79.9. The van der Waals surface area contributed by atoms with Crippen LogP contribution in [0, 0.1) is 0 Å². The van der Waals surface area contributed by atoms with E-state index in [4.69, 9.17) is 5.41 Å². The van der Waals surface area contributed by atoms with Crippen molar-refractivity contribution in [2.24, 2.45) is 0 Å². The van der Waals surface area contributed by atoms with Crippen LogP contribution in [0.25, 0.3) is 0 Å². The van der Waals surface area contributed by atoms with Gasteiger partial charge in [-0.05, 0) is 0 Å². The molecule has 0 bridgehead atoms. The molecule has 0 saturated heterocycles. The summed E-state index contributed by atoms with van der Waals surface area (Å²) >= 11 is 3.07. The van der Waals surface area contributed by atoms with Crippen molar-refractivity contribution >= 4 is 22.1 Å². The van der Waals surface area contributed by atoms with Gasteiger partial charge in [-0.25, -0.2) is 0 Å². The number of hydrogen-bond acceptors (Lipinski definition) is 0. The maximum Gasteiger partial charge on any atom is 0.147 e. The highest BCUT2D eigenvalue weighted by molar-refractivity contribution is 9.09. The van der Waals surface area contributed by atoms with Gasteiger partial charge in [0.05, 0.1) is 5.33 Å². The Bertz CT molecular complexity index is 20.0. The number of alkyl halides is 1. The fourth-order valence-corrected chi connectivity index (χ4v) is 0. The van der Waals surface area contributed by atoms with Crippen molar-refractivity contribution < 1.29 is 5.41 Å². The molecule has 2 heteroatoms. The van der Waals surface area contributed by atoms with Crippen molar-refractivity contribution in [1.82, 2.24) is 0 Å². The predicted octanol–water partition coefficient (Wildman–Crippen LogP) is -0.789. The van der Waals surface area contributed by atoms with E-state index in [1.54, 1.807) is 6.21 Å². The highest BCUT2D eigenvalue weighted by Crippen LogP contribution is 1.63. The molecule has 0 unspecified atom stereocenters. The summed E-state index contributed by atoms with van der Waals surface area (Å²) < 4.78 is 0. The third-order valence-electron chi connectivity index (χ3n) is 0.0891. The first-order chi connectivity index (χ1) is 1.91. The van der Waals surface area contributed by atoms with Crippen LogP contribution in [0.4, 0.5) is 0 Å². The van der Waals surface area contributed by atoms with Gasteiger partial charge in [0.15, 0.2) is 0 Å². The van der Waals surface area contributed by atoms with Crippen LogP contribution in [0.2, 0.25) is 0 Å². The van der Waals surface area contributed by atoms with Gasteiger partial charge in [0, 0.05) is 0 Å². The Morgan fingerprint density at radius 2 is 2.25 bits per heavy atom. The lowest BCUT2D eigenvalue weighted by molar-refractivity contribution is -0.105. The zero-order valence-electron chi connectivity index (χ0n) is 2.24. The van der Waals surface area contributed by atoms with Crippen molar-refractivity contribution in [2.45, 2.75) is 0 Å². The van der Waals surface area contributed by atoms with Crippen LogP contribution < -0.4 is 5.41 Å². The molecule has 0 aliphatic carbocycles. The Kier molecular flexibility index (Phi) is 3.27. The second kappa shape index (κ2) is 3.15. The van der Waals surface area contributed by atoms with Crippen molar-refractivity contribution in [2.75, 3.05) is 5.33 Å². The highest BCUT2D eigenvalue weighted by Gasteiger charge is 1.56. The lowest BCUT2D eigenvalue weighted by Crippen LogP contribution is -2.29. The van der Waals surface area contributed by atoms with Crippen molar-refractivity contribution in [3.8, 4) is 0 Å². The summed E-state index contributed by atoms with van der Waals surface area (Å²) in [5.74, 6) is 0. The average Bonchev–Trinajstić information content (AvgIpc) is 1.37. The Morgan fingerprint density at radius 1 is 2.00 bits per heavy atom. The largest absolute Gasteiger partial charge is 0.263 e. The van der Waals surface area contributed by atoms with E-state index in [0.717, 1.165) is 5.33 Å². The van der Waals surface area contributed by atoms with E-state index in [9.17, 15) is 0 Å². The molecule has 0 atom stereocenters. The summed E-state index contributed by atoms with van der Waals surface area (Å²) in [7, 11) is 0. The molecule has 0 aromatic heterocycles. The number of nitrogens with two attached hydrogens (primary N) is 1. The normalized spacial score (nSPS) is 6.25. The standard InChI is InChI=1S/C2H4BrN/c3-1-2-4/h2,4H,1H2/p+1. The molecule has 0 amide bonds. The second-order valence-electron chi connectivity index (χ2n) is 0.390. The molecule has 1 nitrogen and oxygen atoms in total. The van der Waals surface area contributed by atoms with Gasteiger partial charge in [0.25, 0.3) is 0 Å². The molecule has 0 spiro atoms. The Morgan fingerprint density at radius 3 is 2.25 bits per heavy atom. The third kappa shape index (κ3) is 2.15. The number of halogens is 1. The van der Waals surface area contributed by atoms with Gasteiger partial charge in [-0.3, -0.25) is 5.41 Å².